The van der Waals surface area contributed by atoms with E-state index in [1.54, 1.807) is 6.07 Å². The van der Waals surface area contributed by atoms with E-state index in [9.17, 15) is 9.59 Å². The van der Waals surface area contributed by atoms with Gasteiger partial charge in [0.2, 0.25) is 11.8 Å². The van der Waals surface area contributed by atoms with Crippen LogP contribution in [0.1, 0.15) is 11.5 Å². The molecule has 3 N–H and O–H groups in total. The number of fused-ring (bicyclic) bond motifs is 1. The number of nitrogens with one attached hydrogen (secondary N) is 1. The average molecular weight is 242 g/mol. The van der Waals surface area contributed by atoms with Gasteiger partial charge in [-0.15, -0.1) is 0 Å². The van der Waals surface area contributed by atoms with Crippen LogP contribution in [-0.4, -0.2) is 18.9 Å². The van der Waals surface area contributed by atoms with E-state index in [2.05, 4.69) is 5.32 Å². The van der Waals surface area contributed by atoms with Crippen LogP contribution in [-0.2, 0) is 9.59 Å². The number of hydrogen-bond donors (Lipinski definition) is 2. The molecule has 0 aromatic heterocycles. The molecule has 0 saturated carbocycles. The molecule has 2 aromatic rings. The molecule has 0 saturated heterocycles. The summed E-state index contributed by atoms with van der Waals surface area (Å²) in [4.78, 5) is 23.1. The van der Waals surface area contributed by atoms with E-state index in [4.69, 9.17) is 5.73 Å². The van der Waals surface area contributed by atoms with Crippen LogP contribution in [0.15, 0.2) is 42.5 Å². The van der Waals surface area contributed by atoms with Crippen molar-refractivity contribution in [2.24, 2.45) is 5.73 Å². The second-order valence-corrected chi connectivity index (χ2v) is 4.06. The Morgan fingerprint density at radius 3 is 2.39 bits per heavy atom. The number of carbonyl (C=O) groups excluding carboxylic acids is 2. The van der Waals surface area contributed by atoms with Gasteiger partial charge < -0.3 is 11.1 Å². The van der Waals surface area contributed by atoms with E-state index in [1.807, 2.05) is 36.4 Å². The van der Waals surface area contributed by atoms with Crippen molar-refractivity contribution in [2.75, 3.05) is 7.05 Å². The summed E-state index contributed by atoms with van der Waals surface area (Å²) in [7, 11) is 1.49. The highest BCUT2D eigenvalue weighted by atomic mass is 16.2. The molecule has 0 radical (unpaired) electrons. The van der Waals surface area contributed by atoms with Gasteiger partial charge in [-0.25, -0.2) is 0 Å². The van der Waals surface area contributed by atoms with Gasteiger partial charge >= 0.3 is 0 Å². The molecule has 2 rings (SSSR count). The van der Waals surface area contributed by atoms with Gasteiger partial charge in [-0.3, -0.25) is 9.59 Å². The van der Waals surface area contributed by atoms with Crippen molar-refractivity contribution >= 4 is 22.6 Å². The zero-order chi connectivity index (χ0) is 13.1. The molecule has 0 bridgehead atoms. The largest absolute Gasteiger partial charge is 0.369 e. The maximum atomic E-state index is 11.7. The van der Waals surface area contributed by atoms with Crippen LogP contribution >= 0.6 is 0 Å². The zero-order valence-electron chi connectivity index (χ0n) is 10.0. The summed E-state index contributed by atoms with van der Waals surface area (Å²) in [5.74, 6) is -1.98. The van der Waals surface area contributed by atoms with Gasteiger partial charge in [0.25, 0.3) is 0 Å². The summed E-state index contributed by atoms with van der Waals surface area (Å²) in [6.07, 6.45) is 0. The fraction of sp³-hybridized carbons (Fsp3) is 0.143. The molecule has 0 fully saturated rings. The van der Waals surface area contributed by atoms with E-state index in [1.165, 1.54) is 7.05 Å². The number of likely N-dealkylation sites (N-methyl/N-ethyl adjacent to an activating group) is 1. The van der Waals surface area contributed by atoms with Gasteiger partial charge in [0.15, 0.2) is 0 Å². The highest BCUT2D eigenvalue weighted by Crippen LogP contribution is 2.22. The maximum Gasteiger partial charge on any atom is 0.236 e. The van der Waals surface area contributed by atoms with E-state index >= 15 is 0 Å². The van der Waals surface area contributed by atoms with Gasteiger partial charge in [0.1, 0.15) is 5.92 Å². The number of primary amides is 1. The standard InChI is InChI=1S/C14H14N2O2/c1-16-14(18)12(13(15)17)11-7-6-9-4-2-3-5-10(9)8-11/h2-8,12H,1H3,(H2,15,17)(H,16,18). The highest BCUT2D eigenvalue weighted by molar-refractivity contribution is 6.05. The quantitative estimate of drug-likeness (QED) is 0.793. The number of carbonyl (C=O) groups is 2. The van der Waals surface area contributed by atoms with Crippen molar-refractivity contribution in [1.29, 1.82) is 0 Å². The summed E-state index contributed by atoms with van der Waals surface area (Å²) in [6.45, 7) is 0. The normalized spacial score (nSPS) is 12.1. The fourth-order valence-electron chi connectivity index (χ4n) is 1.98. The fourth-order valence-corrected chi connectivity index (χ4v) is 1.98. The van der Waals surface area contributed by atoms with E-state index in [0.29, 0.717) is 5.56 Å². The Balaban J connectivity index is 2.51. The highest BCUT2D eigenvalue weighted by Gasteiger charge is 2.25. The van der Waals surface area contributed by atoms with Crippen molar-refractivity contribution in [3.05, 3.63) is 48.0 Å². The lowest BCUT2D eigenvalue weighted by Crippen LogP contribution is -2.35. The molecule has 0 aliphatic heterocycles. The van der Waals surface area contributed by atoms with Gasteiger partial charge in [0.05, 0.1) is 0 Å². The molecule has 0 aliphatic rings. The van der Waals surface area contributed by atoms with E-state index < -0.39 is 17.7 Å². The molecule has 4 heteroatoms. The maximum absolute atomic E-state index is 11.7. The first-order valence-corrected chi connectivity index (χ1v) is 5.63. The summed E-state index contributed by atoms with van der Waals surface area (Å²) in [5.41, 5.74) is 5.90. The number of hydrogen-bond acceptors (Lipinski definition) is 2. The minimum absolute atomic E-state index is 0.391. The predicted molar refractivity (Wildman–Crippen MR) is 70.0 cm³/mol. The Morgan fingerprint density at radius 2 is 1.78 bits per heavy atom. The van der Waals surface area contributed by atoms with Crippen molar-refractivity contribution < 1.29 is 9.59 Å². The first kappa shape index (κ1) is 12.1. The molecule has 92 valence electrons. The van der Waals surface area contributed by atoms with Crippen molar-refractivity contribution in [3.63, 3.8) is 0 Å². The SMILES string of the molecule is CNC(=O)C(C(N)=O)c1ccc2ccccc2c1. The zero-order valence-corrected chi connectivity index (χ0v) is 10.0. The molecular weight excluding hydrogens is 228 g/mol. The Labute approximate surface area is 105 Å². The molecular formula is C14H14N2O2. The van der Waals surface area contributed by atoms with E-state index in [0.717, 1.165) is 10.8 Å². The third-order valence-electron chi connectivity index (χ3n) is 2.90. The second-order valence-electron chi connectivity index (χ2n) is 4.06. The number of nitrogens with two attached hydrogens (primary N) is 1. The lowest BCUT2D eigenvalue weighted by atomic mass is 9.95. The summed E-state index contributed by atoms with van der Waals surface area (Å²) in [5, 5.41) is 4.49. The molecule has 2 amide bonds. The molecule has 0 heterocycles. The molecule has 0 spiro atoms. The molecule has 18 heavy (non-hydrogen) atoms. The van der Waals surface area contributed by atoms with Crippen LogP contribution < -0.4 is 11.1 Å². The lowest BCUT2D eigenvalue weighted by molar-refractivity contribution is -0.129. The minimum Gasteiger partial charge on any atom is -0.369 e. The molecule has 2 aromatic carbocycles. The van der Waals surface area contributed by atoms with Gasteiger partial charge in [-0.2, -0.15) is 0 Å². The van der Waals surface area contributed by atoms with E-state index in [-0.39, 0.29) is 0 Å². The number of amides is 2. The van der Waals surface area contributed by atoms with Crippen LogP contribution in [0.3, 0.4) is 0 Å². The average Bonchev–Trinajstić information content (AvgIpc) is 2.38. The lowest BCUT2D eigenvalue weighted by Gasteiger charge is -2.12. The Kier molecular flexibility index (Phi) is 3.28. The van der Waals surface area contributed by atoms with Crippen LogP contribution in [0.5, 0.6) is 0 Å². The van der Waals surface area contributed by atoms with Gasteiger partial charge in [-0.1, -0.05) is 36.4 Å². The third-order valence-corrected chi connectivity index (χ3v) is 2.90. The molecule has 1 unspecified atom stereocenters. The number of benzene rings is 2. The topological polar surface area (TPSA) is 72.2 Å². The second kappa shape index (κ2) is 4.87. The molecule has 4 nitrogen and oxygen atoms in total. The van der Waals surface area contributed by atoms with Crippen LogP contribution in [0.2, 0.25) is 0 Å². The monoisotopic (exact) mass is 242 g/mol. The Bertz CT molecular complexity index is 608. The van der Waals surface area contributed by atoms with Crippen molar-refractivity contribution in [3.8, 4) is 0 Å². The van der Waals surface area contributed by atoms with Crippen molar-refractivity contribution in [2.45, 2.75) is 5.92 Å². The van der Waals surface area contributed by atoms with Crippen LogP contribution in [0.4, 0.5) is 0 Å². The minimum atomic E-state index is -0.945. The van der Waals surface area contributed by atoms with Gasteiger partial charge in [0, 0.05) is 7.05 Å². The van der Waals surface area contributed by atoms with Crippen LogP contribution in [0.25, 0.3) is 10.8 Å². The summed E-state index contributed by atoms with van der Waals surface area (Å²) in [6, 6.07) is 13.2. The third kappa shape index (κ3) is 2.18. The van der Waals surface area contributed by atoms with Gasteiger partial charge in [-0.05, 0) is 22.4 Å². The first-order valence-electron chi connectivity index (χ1n) is 5.63. The first-order chi connectivity index (χ1) is 8.63. The Morgan fingerprint density at radius 1 is 1.11 bits per heavy atom. The number of rotatable bonds is 3. The predicted octanol–water partition coefficient (Wildman–Crippen LogP) is 1.15. The molecule has 0 aliphatic carbocycles. The summed E-state index contributed by atoms with van der Waals surface area (Å²) >= 11 is 0. The van der Waals surface area contributed by atoms with Crippen molar-refractivity contribution in [1.82, 2.24) is 5.32 Å². The summed E-state index contributed by atoms with van der Waals surface area (Å²) < 4.78 is 0. The van der Waals surface area contributed by atoms with Crippen LogP contribution in [0, 0.1) is 0 Å². The molecule has 1 atom stereocenters. The smallest absolute Gasteiger partial charge is 0.236 e. The Hall–Kier alpha value is -2.36.